The topological polar surface area (TPSA) is 81.8 Å². The quantitative estimate of drug-likeness (QED) is 0.458. The first-order valence-electron chi connectivity index (χ1n) is 5.93. The summed E-state index contributed by atoms with van der Waals surface area (Å²) in [5, 5.41) is 13.3. The lowest BCUT2D eigenvalue weighted by Gasteiger charge is -2.06. The molecule has 2 rings (SSSR count). The van der Waals surface area contributed by atoms with Gasteiger partial charge in [-0.25, -0.2) is 0 Å². The zero-order chi connectivity index (χ0) is 14.4. The van der Waals surface area contributed by atoms with Crippen LogP contribution in [0.4, 0.5) is 5.69 Å². The molecular formula is C14H12N2O4. The summed E-state index contributed by atoms with van der Waals surface area (Å²) in [6.07, 6.45) is 0. The molecule has 0 aliphatic carbocycles. The Morgan fingerprint density at radius 2 is 1.60 bits per heavy atom. The molecule has 0 bridgehead atoms. The first kappa shape index (κ1) is 13.7. The van der Waals surface area contributed by atoms with Crippen LogP contribution < -0.4 is 4.74 Å². The van der Waals surface area contributed by atoms with Crippen LogP contribution in [0.2, 0.25) is 0 Å². The maximum atomic E-state index is 10.5. The molecule has 0 saturated carbocycles. The highest BCUT2D eigenvalue weighted by Crippen LogP contribution is 2.16. The van der Waals surface area contributed by atoms with Crippen LogP contribution >= 0.6 is 0 Å². The van der Waals surface area contributed by atoms with E-state index in [0.717, 1.165) is 11.1 Å². The fourth-order valence-corrected chi connectivity index (χ4v) is 1.65. The number of non-ortho nitro benzene ring substituents is 1. The maximum Gasteiger partial charge on any atom is 0.269 e. The summed E-state index contributed by atoms with van der Waals surface area (Å²) in [4.78, 5) is 20.2. The second-order valence-corrected chi connectivity index (χ2v) is 4.14. The van der Waals surface area contributed by atoms with Crippen molar-refractivity contribution in [3.8, 4) is 5.75 Å². The zero-order valence-electron chi connectivity index (χ0n) is 10.6. The summed E-state index contributed by atoms with van der Waals surface area (Å²) in [6, 6.07) is 13.2. The number of rotatable bonds is 6. The lowest BCUT2D eigenvalue weighted by molar-refractivity contribution is -0.384. The minimum Gasteiger partial charge on any atom is -0.489 e. The van der Waals surface area contributed by atoms with Crippen molar-refractivity contribution in [1.29, 1.82) is 0 Å². The van der Waals surface area contributed by atoms with Crippen LogP contribution in [0.25, 0.3) is 0 Å². The molecule has 2 aromatic rings. The van der Waals surface area contributed by atoms with E-state index in [4.69, 9.17) is 4.74 Å². The highest BCUT2D eigenvalue weighted by molar-refractivity contribution is 5.33. The first-order chi connectivity index (χ1) is 9.69. The Morgan fingerprint density at radius 1 is 1.00 bits per heavy atom. The van der Waals surface area contributed by atoms with Crippen LogP contribution in [0.3, 0.4) is 0 Å². The van der Waals surface area contributed by atoms with E-state index in [1.807, 2.05) is 0 Å². The number of benzene rings is 2. The number of nitro groups is 1. The average Bonchev–Trinajstić information content (AvgIpc) is 2.47. The molecule has 0 saturated heterocycles. The summed E-state index contributed by atoms with van der Waals surface area (Å²) in [7, 11) is 0. The van der Waals surface area contributed by atoms with Crippen LogP contribution in [0.5, 0.6) is 5.75 Å². The number of nitroso groups, excluding NO2 is 1. The second-order valence-electron chi connectivity index (χ2n) is 4.14. The maximum absolute atomic E-state index is 10.5. The van der Waals surface area contributed by atoms with Crippen molar-refractivity contribution < 1.29 is 9.66 Å². The molecule has 0 heterocycles. The normalized spacial score (nSPS) is 10.0. The van der Waals surface area contributed by atoms with Gasteiger partial charge in [0, 0.05) is 12.1 Å². The molecule has 0 spiro atoms. The van der Waals surface area contributed by atoms with E-state index in [9.17, 15) is 15.0 Å². The second kappa shape index (κ2) is 6.42. The van der Waals surface area contributed by atoms with E-state index < -0.39 is 4.92 Å². The van der Waals surface area contributed by atoms with Gasteiger partial charge in [-0.3, -0.25) is 10.1 Å². The van der Waals surface area contributed by atoms with Crippen LogP contribution in [0.15, 0.2) is 53.7 Å². The SMILES string of the molecule is O=NCc1ccc(OCc2ccc([N+](=O)[O-])cc2)cc1. The molecule has 20 heavy (non-hydrogen) atoms. The minimum atomic E-state index is -0.440. The molecule has 0 aliphatic heterocycles. The number of hydrogen-bond donors (Lipinski definition) is 0. The van der Waals surface area contributed by atoms with Crippen LogP contribution in [0.1, 0.15) is 11.1 Å². The van der Waals surface area contributed by atoms with Gasteiger partial charge < -0.3 is 4.74 Å². The van der Waals surface area contributed by atoms with Crippen molar-refractivity contribution in [1.82, 2.24) is 0 Å². The fraction of sp³-hybridized carbons (Fsp3) is 0.143. The van der Waals surface area contributed by atoms with Crippen LogP contribution in [0, 0.1) is 15.0 Å². The molecule has 0 unspecified atom stereocenters. The van der Waals surface area contributed by atoms with Gasteiger partial charge in [0.05, 0.1) is 4.92 Å². The minimum absolute atomic E-state index is 0.0551. The first-order valence-corrected chi connectivity index (χ1v) is 5.93. The monoisotopic (exact) mass is 272 g/mol. The predicted molar refractivity (Wildman–Crippen MR) is 73.4 cm³/mol. The Bertz CT molecular complexity index is 594. The van der Waals surface area contributed by atoms with E-state index in [-0.39, 0.29) is 12.2 Å². The van der Waals surface area contributed by atoms with Gasteiger partial charge in [-0.15, -0.1) is 0 Å². The molecule has 0 fully saturated rings. The average molecular weight is 272 g/mol. The molecule has 2 aromatic carbocycles. The van der Waals surface area contributed by atoms with Gasteiger partial charge in [-0.1, -0.05) is 17.3 Å². The van der Waals surface area contributed by atoms with Gasteiger partial charge in [0.25, 0.3) is 5.69 Å². The van der Waals surface area contributed by atoms with Crippen molar-refractivity contribution >= 4 is 5.69 Å². The van der Waals surface area contributed by atoms with E-state index in [1.54, 1.807) is 36.4 Å². The Balaban J connectivity index is 1.94. The lowest BCUT2D eigenvalue weighted by atomic mass is 10.2. The molecular weight excluding hydrogens is 260 g/mol. The van der Waals surface area contributed by atoms with Gasteiger partial charge >= 0.3 is 0 Å². The number of hydrogen-bond acceptors (Lipinski definition) is 5. The summed E-state index contributed by atoms with van der Waals surface area (Å²) >= 11 is 0. The van der Waals surface area contributed by atoms with Gasteiger partial charge in [0.1, 0.15) is 18.9 Å². The van der Waals surface area contributed by atoms with E-state index in [2.05, 4.69) is 5.18 Å². The number of nitro benzene ring substituents is 1. The predicted octanol–water partition coefficient (Wildman–Crippen LogP) is 3.44. The largest absolute Gasteiger partial charge is 0.489 e. The van der Waals surface area contributed by atoms with Crippen molar-refractivity contribution in [2.75, 3.05) is 0 Å². The smallest absolute Gasteiger partial charge is 0.269 e. The third kappa shape index (κ3) is 3.61. The van der Waals surface area contributed by atoms with Crippen molar-refractivity contribution in [2.45, 2.75) is 13.2 Å². The van der Waals surface area contributed by atoms with E-state index in [1.165, 1.54) is 12.1 Å². The molecule has 6 heteroatoms. The molecule has 0 aromatic heterocycles. The van der Waals surface area contributed by atoms with Crippen molar-refractivity contribution in [2.24, 2.45) is 5.18 Å². The van der Waals surface area contributed by atoms with Gasteiger partial charge in [0.15, 0.2) is 0 Å². The Morgan fingerprint density at radius 3 is 2.15 bits per heavy atom. The lowest BCUT2D eigenvalue weighted by Crippen LogP contribution is -1.96. The third-order valence-corrected chi connectivity index (χ3v) is 2.72. The van der Waals surface area contributed by atoms with Crippen LogP contribution in [-0.2, 0) is 13.2 Å². The van der Waals surface area contributed by atoms with Crippen LogP contribution in [-0.4, -0.2) is 4.92 Å². The number of nitrogens with zero attached hydrogens (tertiary/aromatic N) is 2. The Hall–Kier alpha value is -2.76. The number of ether oxygens (including phenoxy) is 1. The highest BCUT2D eigenvalue weighted by Gasteiger charge is 2.04. The summed E-state index contributed by atoms with van der Waals surface area (Å²) in [5.74, 6) is 0.665. The summed E-state index contributed by atoms with van der Waals surface area (Å²) in [5.41, 5.74) is 1.72. The molecule has 0 atom stereocenters. The van der Waals surface area contributed by atoms with Gasteiger partial charge in [0.2, 0.25) is 0 Å². The third-order valence-electron chi connectivity index (χ3n) is 2.72. The molecule has 6 nitrogen and oxygen atoms in total. The van der Waals surface area contributed by atoms with Gasteiger partial charge in [-0.05, 0) is 35.4 Å². The van der Waals surface area contributed by atoms with Crippen molar-refractivity contribution in [3.63, 3.8) is 0 Å². The fourth-order valence-electron chi connectivity index (χ4n) is 1.65. The Kier molecular flexibility index (Phi) is 4.39. The molecule has 0 N–H and O–H groups in total. The van der Waals surface area contributed by atoms with Gasteiger partial charge in [-0.2, -0.15) is 4.91 Å². The zero-order valence-corrected chi connectivity index (χ0v) is 10.6. The van der Waals surface area contributed by atoms with Crippen molar-refractivity contribution in [3.05, 3.63) is 74.7 Å². The summed E-state index contributed by atoms with van der Waals surface area (Å²) in [6.45, 7) is 0.464. The highest BCUT2D eigenvalue weighted by atomic mass is 16.6. The van der Waals surface area contributed by atoms with E-state index in [0.29, 0.717) is 12.4 Å². The molecule has 102 valence electrons. The molecule has 0 aliphatic rings. The standard InChI is InChI=1S/C14H12N2O4/c17-15-9-11-3-7-14(8-4-11)20-10-12-1-5-13(6-2-12)16(18)19/h1-8H,9-10H2. The molecule has 0 radical (unpaired) electrons. The summed E-state index contributed by atoms with van der Waals surface area (Å²) < 4.78 is 5.55. The Labute approximate surface area is 115 Å². The molecule has 0 amide bonds. The van der Waals surface area contributed by atoms with E-state index >= 15 is 0 Å².